The molecule has 2 rings (SSSR count). The highest BCUT2D eigenvalue weighted by Gasteiger charge is 2.12. The lowest BCUT2D eigenvalue weighted by Crippen LogP contribution is -2.13. The van der Waals surface area contributed by atoms with Crippen LogP contribution in [0.1, 0.15) is 21.5 Å². The van der Waals surface area contributed by atoms with E-state index in [0.29, 0.717) is 17.0 Å². The van der Waals surface area contributed by atoms with Crippen LogP contribution in [0.4, 0.5) is 5.69 Å². The number of carbonyl (C=O) groups is 1. The van der Waals surface area contributed by atoms with Gasteiger partial charge in [-0.3, -0.25) is 4.79 Å². The number of nitrogens with one attached hydrogen (secondary N) is 1. The monoisotopic (exact) mass is 333 g/mol. The predicted molar refractivity (Wildman–Crippen MR) is 84.6 cm³/mol. The van der Waals surface area contributed by atoms with Gasteiger partial charge in [0.05, 0.1) is 18.4 Å². The number of methoxy groups -OCH3 is 1. The molecule has 2 aromatic carbocycles. The molecule has 3 nitrogen and oxygen atoms in total. The van der Waals surface area contributed by atoms with Crippen LogP contribution in [0, 0.1) is 13.8 Å². The quantitative estimate of drug-likeness (QED) is 0.907. The number of amides is 1. The van der Waals surface area contributed by atoms with Gasteiger partial charge < -0.3 is 10.1 Å². The maximum atomic E-state index is 12.3. The molecule has 0 unspecified atom stereocenters. The summed E-state index contributed by atoms with van der Waals surface area (Å²) < 4.78 is 6.04. The average Bonchev–Trinajstić information content (AvgIpc) is 2.38. The van der Waals surface area contributed by atoms with Gasteiger partial charge in [-0.2, -0.15) is 0 Å². The molecule has 0 fully saturated rings. The second-order valence-corrected chi connectivity index (χ2v) is 5.50. The van der Waals surface area contributed by atoms with Crippen molar-refractivity contribution in [1.82, 2.24) is 0 Å². The molecule has 0 bridgehead atoms. The maximum absolute atomic E-state index is 12.3. The van der Waals surface area contributed by atoms with Gasteiger partial charge in [-0.05, 0) is 65.2 Å². The summed E-state index contributed by atoms with van der Waals surface area (Å²) in [6.07, 6.45) is 0. The van der Waals surface area contributed by atoms with Crippen LogP contribution in [0.5, 0.6) is 5.75 Å². The van der Waals surface area contributed by atoms with Gasteiger partial charge in [-0.15, -0.1) is 0 Å². The van der Waals surface area contributed by atoms with E-state index in [4.69, 9.17) is 4.74 Å². The molecule has 0 atom stereocenters. The molecular weight excluding hydrogens is 318 g/mol. The Kier molecular flexibility index (Phi) is 4.45. The lowest BCUT2D eigenvalue weighted by Gasteiger charge is -2.12. The Hall–Kier alpha value is -1.81. The van der Waals surface area contributed by atoms with Crippen LogP contribution in [-0.2, 0) is 0 Å². The summed E-state index contributed by atoms with van der Waals surface area (Å²) in [6, 6.07) is 11.3. The van der Waals surface area contributed by atoms with E-state index in [1.54, 1.807) is 13.2 Å². The van der Waals surface area contributed by atoms with Gasteiger partial charge in [0.15, 0.2) is 0 Å². The molecule has 0 spiro atoms. The minimum absolute atomic E-state index is 0.166. The molecule has 0 heterocycles. The van der Waals surface area contributed by atoms with E-state index < -0.39 is 0 Å². The number of anilines is 1. The number of benzene rings is 2. The van der Waals surface area contributed by atoms with Crippen LogP contribution in [0.25, 0.3) is 0 Å². The zero-order valence-electron chi connectivity index (χ0n) is 11.7. The fourth-order valence-corrected chi connectivity index (χ4v) is 2.59. The fourth-order valence-electron chi connectivity index (χ4n) is 1.91. The van der Waals surface area contributed by atoms with E-state index >= 15 is 0 Å². The zero-order chi connectivity index (χ0) is 14.7. The number of halogens is 1. The van der Waals surface area contributed by atoms with Crippen LogP contribution in [-0.4, -0.2) is 13.0 Å². The summed E-state index contributed by atoms with van der Waals surface area (Å²) in [5.41, 5.74) is 3.43. The SMILES string of the molecule is COc1ccc(C)cc1NC(=O)c1ccc(C)cc1Br. The Labute approximate surface area is 127 Å². The van der Waals surface area contributed by atoms with Gasteiger partial charge in [0.1, 0.15) is 5.75 Å². The first-order valence-electron chi connectivity index (χ1n) is 6.23. The number of ether oxygens (including phenoxy) is 1. The highest BCUT2D eigenvalue weighted by molar-refractivity contribution is 9.10. The molecule has 104 valence electrons. The Bertz CT molecular complexity index is 653. The van der Waals surface area contributed by atoms with Gasteiger partial charge in [-0.1, -0.05) is 12.1 Å². The summed E-state index contributed by atoms with van der Waals surface area (Å²) in [5.74, 6) is 0.480. The molecule has 1 N–H and O–H groups in total. The molecule has 20 heavy (non-hydrogen) atoms. The Balaban J connectivity index is 2.30. The molecule has 0 saturated carbocycles. The van der Waals surface area contributed by atoms with Crippen molar-refractivity contribution < 1.29 is 9.53 Å². The number of aryl methyl sites for hydroxylation is 2. The van der Waals surface area contributed by atoms with Crippen LogP contribution < -0.4 is 10.1 Å². The van der Waals surface area contributed by atoms with Crippen molar-refractivity contribution >= 4 is 27.5 Å². The first-order chi connectivity index (χ1) is 9.51. The predicted octanol–water partition coefficient (Wildman–Crippen LogP) is 4.33. The summed E-state index contributed by atoms with van der Waals surface area (Å²) in [6.45, 7) is 3.95. The third kappa shape index (κ3) is 3.20. The van der Waals surface area contributed by atoms with Crippen molar-refractivity contribution in [2.24, 2.45) is 0 Å². The van der Waals surface area contributed by atoms with Gasteiger partial charge in [0.2, 0.25) is 0 Å². The molecule has 0 aliphatic rings. The first kappa shape index (κ1) is 14.6. The highest BCUT2D eigenvalue weighted by atomic mass is 79.9. The largest absolute Gasteiger partial charge is 0.495 e. The average molecular weight is 334 g/mol. The molecule has 0 aromatic heterocycles. The Morgan fingerprint density at radius 2 is 1.75 bits per heavy atom. The number of carbonyl (C=O) groups excluding carboxylic acids is 1. The lowest BCUT2D eigenvalue weighted by atomic mass is 10.1. The van der Waals surface area contributed by atoms with E-state index in [1.807, 2.05) is 44.2 Å². The van der Waals surface area contributed by atoms with Crippen molar-refractivity contribution in [2.45, 2.75) is 13.8 Å². The summed E-state index contributed by atoms with van der Waals surface area (Å²) in [4.78, 5) is 12.3. The van der Waals surface area contributed by atoms with Gasteiger partial charge >= 0.3 is 0 Å². The van der Waals surface area contributed by atoms with Crippen LogP contribution in [0.2, 0.25) is 0 Å². The van der Waals surface area contributed by atoms with Crippen LogP contribution in [0.15, 0.2) is 40.9 Å². The molecule has 0 saturated heterocycles. The topological polar surface area (TPSA) is 38.3 Å². The van der Waals surface area contributed by atoms with E-state index in [9.17, 15) is 4.79 Å². The first-order valence-corrected chi connectivity index (χ1v) is 7.02. The van der Waals surface area contributed by atoms with Gasteiger partial charge in [-0.25, -0.2) is 0 Å². The molecule has 1 amide bonds. The second kappa shape index (κ2) is 6.09. The Morgan fingerprint density at radius 1 is 1.10 bits per heavy atom. The standard InChI is InChI=1S/C16H16BrNO2/c1-10-4-6-12(13(17)8-10)16(19)18-14-9-11(2)5-7-15(14)20-3/h4-9H,1-3H3,(H,18,19). The molecular formula is C16H16BrNO2. The maximum Gasteiger partial charge on any atom is 0.256 e. The minimum Gasteiger partial charge on any atom is -0.495 e. The summed E-state index contributed by atoms with van der Waals surface area (Å²) >= 11 is 3.42. The minimum atomic E-state index is -0.166. The lowest BCUT2D eigenvalue weighted by molar-refractivity contribution is 0.102. The van der Waals surface area contributed by atoms with Crippen molar-refractivity contribution in [3.8, 4) is 5.75 Å². The molecule has 4 heteroatoms. The van der Waals surface area contributed by atoms with E-state index in [0.717, 1.165) is 15.6 Å². The highest BCUT2D eigenvalue weighted by Crippen LogP contribution is 2.27. The number of hydrogen-bond donors (Lipinski definition) is 1. The third-order valence-electron chi connectivity index (χ3n) is 2.97. The third-order valence-corrected chi connectivity index (χ3v) is 3.63. The second-order valence-electron chi connectivity index (χ2n) is 4.64. The fraction of sp³-hybridized carbons (Fsp3) is 0.188. The molecule has 0 radical (unpaired) electrons. The molecule has 0 aliphatic heterocycles. The number of rotatable bonds is 3. The molecule has 2 aromatic rings. The smallest absolute Gasteiger partial charge is 0.256 e. The Morgan fingerprint density at radius 3 is 2.40 bits per heavy atom. The van der Waals surface area contributed by atoms with Gasteiger partial charge in [0, 0.05) is 4.47 Å². The van der Waals surface area contributed by atoms with Crippen LogP contribution >= 0.6 is 15.9 Å². The normalized spacial score (nSPS) is 10.2. The van der Waals surface area contributed by atoms with E-state index in [-0.39, 0.29) is 5.91 Å². The molecule has 0 aliphatic carbocycles. The van der Waals surface area contributed by atoms with Crippen molar-refractivity contribution in [3.05, 3.63) is 57.6 Å². The summed E-state index contributed by atoms with van der Waals surface area (Å²) in [7, 11) is 1.59. The summed E-state index contributed by atoms with van der Waals surface area (Å²) in [5, 5.41) is 2.88. The van der Waals surface area contributed by atoms with Crippen molar-refractivity contribution in [1.29, 1.82) is 0 Å². The van der Waals surface area contributed by atoms with E-state index in [1.165, 1.54) is 0 Å². The van der Waals surface area contributed by atoms with E-state index in [2.05, 4.69) is 21.2 Å². The van der Waals surface area contributed by atoms with Crippen LogP contribution in [0.3, 0.4) is 0 Å². The number of hydrogen-bond acceptors (Lipinski definition) is 2. The van der Waals surface area contributed by atoms with Crippen molar-refractivity contribution in [2.75, 3.05) is 12.4 Å². The van der Waals surface area contributed by atoms with Gasteiger partial charge in [0.25, 0.3) is 5.91 Å². The zero-order valence-corrected chi connectivity index (χ0v) is 13.2. The van der Waals surface area contributed by atoms with Crippen molar-refractivity contribution in [3.63, 3.8) is 0 Å².